The van der Waals surface area contributed by atoms with E-state index in [1.54, 1.807) is 42.7 Å². The van der Waals surface area contributed by atoms with Gasteiger partial charge in [-0.1, -0.05) is 6.07 Å². The molecule has 0 saturated carbocycles. The van der Waals surface area contributed by atoms with Gasteiger partial charge in [0.1, 0.15) is 23.1 Å². The number of aromatic nitrogens is 1. The van der Waals surface area contributed by atoms with E-state index in [0.29, 0.717) is 5.75 Å². The molecule has 1 N–H and O–H groups in total. The van der Waals surface area contributed by atoms with Gasteiger partial charge in [0.2, 0.25) is 10.0 Å². The lowest BCUT2D eigenvalue weighted by Crippen LogP contribution is -2.28. The Bertz CT molecular complexity index is 965. The van der Waals surface area contributed by atoms with Crippen molar-refractivity contribution < 1.29 is 17.9 Å². The average Bonchev–Trinajstić information content (AvgIpc) is 3.30. The smallest absolute Gasteiger partial charge is 0.215 e. The van der Waals surface area contributed by atoms with Crippen LogP contribution in [0.2, 0.25) is 0 Å². The lowest BCUT2D eigenvalue weighted by Gasteiger charge is -2.08. The molecule has 27 heavy (non-hydrogen) atoms. The number of aryl methyl sites for hydroxylation is 1. The van der Waals surface area contributed by atoms with E-state index in [1.807, 2.05) is 24.4 Å². The quantitative estimate of drug-likeness (QED) is 0.567. The molecule has 9 heteroatoms. The van der Waals surface area contributed by atoms with Crippen LogP contribution in [0.15, 0.2) is 41.8 Å². The Hall–Kier alpha value is -1.94. The van der Waals surface area contributed by atoms with Crippen molar-refractivity contribution in [2.24, 2.45) is 0 Å². The Morgan fingerprint density at radius 2 is 1.89 bits per heavy atom. The monoisotopic (exact) mass is 424 g/mol. The Labute approximate surface area is 166 Å². The summed E-state index contributed by atoms with van der Waals surface area (Å²) in [6.07, 6.45) is 0. The van der Waals surface area contributed by atoms with Crippen molar-refractivity contribution in [3.63, 3.8) is 0 Å². The van der Waals surface area contributed by atoms with Gasteiger partial charge in [-0.2, -0.15) is 0 Å². The summed E-state index contributed by atoms with van der Waals surface area (Å²) in [5.41, 5.74) is 0.848. The number of benzene rings is 1. The van der Waals surface area contributed by atoms with Crippen LogP contribution in [0.4, 0.5) is 0 Å². The summed E-state index contributed by atoms with van der Waals surface area (Å²) >= 11 is 3.13. The van der Waals surface area contributed by atoms with Gasteiger partial charge in [-0.05, 0) is 42.6 Å². The highest BCUT2D eigenvalue weighted by Gasteiger charge is 2.15. The summed E-state index contributed by atoms with van der Waals surface area (Å²) in [5.74, 6) is 1.21. The maximum Gasteiger partial charge on any atom is 0.215 e. The molecule has 0 spiro atoms. The van der Waals surface area contributed by atoms with Gasteiger partial charge in [-0.25, -0.2) is 18.1 Å². The van der Waals surface area contributed by atoms with Gasteiger partial charge in [0.05, 0.1) is 23.4 Å². The van der Waals surface area contributed by atoms with E-state index in [0.717, 1.165) is 26.2 Å². The molecule has 0 aliphatic heterocycles. The molecule has 3 aromatic rings. The third-order valence-corrected chi connectivity index (χ3v) is 7.24. The number of nitrogens with one attached hydrogen (secondary N) is 1. The Morgan fingerprint density at radius 3 is 2.56 bits per heavy atom. The maximum atomic E-state index is 12.2. The molecule has 144 valence electrons. The SMILES string of the molecule is COc1ccc(OCCS(=O)(=O)NCc2sc(-c3cccs3)nc2C)cc1. The van der Waals surface area contributed by atoms with Gasteiger partial charge in [0.15, 0.2) is 0 Å². The lowest BCUT2D eigenvalue weighted by atomic mass is 10.3. The summed E-state index contributed by atoms with van der Waals surface area (Å²) in [5, 5.41) is 2.91. The van der Waals surface area contributed by atoms with Crippen LogP contribution >= 0.6 is 22.7 Å². The van der Waals surface area contributed by atoms with Gasteiger partial charge in [0.25, 0.3) is 0 Å². The van der Waals surface area contributed by atoms with Crippen molar-refractivity contribution in [3.8, 4) is 21.4 Å². The molecule has 2 aromatic heterocycles. The molecular weight excluding hydrogens is 404 g/mol. The van der Waals surface area contributed by atoms with Crippen LogP contribution in [-0.4, -0.2) is 32.9 Å². The van der Waals surface area contributed by atoms with Crippen molar-refractivity contribution in [1.82, 2.24) is 9.71 Å². The van der Waals surface area contributed by atoms with Gasteiger partial charge in [0, 0.05) is 11.4 Å². The number of hydrogen-bond acceptors (Lipinski definition) is 7. The van der Waals surface area contributed by atoms with E-state index in [9.17, 15) is 8.42 Å². The van der Waals surface area contributed by atoms with Crippen LogP contribution in [0, 0.1) is 6.92 Å². The van der Waals surface area contributed by atoms with E-state index in [-0.39, 0.29) is 18.9 Å². The van der Waals surface area contributed by atoms with E-state index in [2.05, 4.69) is 9.71 Å². The third kappa shape index (κ3) is 5.52. The molecule has 0 bridgehead atoms. The molecule has 0 atom stereocenters. The minimum atomic E-state index is -3.44. The van der Waals surface area contributed by atoms with Gasteiger partial charge >= 0.3 is 0 Å². The summed E-state index contributed by atoms with van der Waals surface area (Å²) in [4.78, 5) is 6.53. The van der Waals surface area contributed by atoms with E-state index >= 15 is 0 Å². The standard InChI is InChI=1S/C18H20N2O4S3/c1-13-17(26-18(20-13)16-4-3-10-25-16)12-19-27(21,22)11-9-24-15-7-5-14(23-2)6-8-15/h3-8,10,19H,9,11-12H2,1-2H3. The lowest BCUT2D eigenvalue weighted by molar-refractivity contribution is 0.339. The zero-order valence-electron chi connectivity index (χ0n) is 15.0. The van der Waals surface area contributed by atoms with Crippen molar-refractivity contribution in [2.45, 2.75) is 13.5 Å². The second-order valence-corrected chi connectivity index (χ2v) is 9.63. The highest BCUT2D eigenvalue weighted by atomic mass is 32.2. The zero-order chi connectivity index (χ0) is 19.3. The van der Waals surface area contributed by atoms with Gasteiger partial charge < -0.3 is 9.47 Å². The van der Waals surface area contributed by atoms with Crippen LogP contribution < -0.4 is 14.2 Å². The molecule has 0 amide bonds. The number of sulfonamides is 1. The first-order chi connectivity index (χ1) is 13.0. The fourth-order valence-electron chi connectivity index (χ4n) is 2.29. The van der Waals surface area contributed by atoms with Gasteiger partial charge in [-0.3, -0.25) is 0 Å². The number of thiazole rings is 1. The number of nitrogens with zero attached hydrogens (tertiary/aromatic N) is 1. The van der Waals surface area contributed by atoms with Crippen molar-refractivity contribution >= 4 is 32.7 Å². The first-order valence-corrected chi connectivity index (χ1v) is 11.6. The normalized spacial score (nSPS) is 11.5. The number of methoxy groups -OCH3 is 1. The first-order valence-electron chi connectivity index (χ1n) is 8.21. The van der Waals surface area contributed by atoms with Crippen molar-refractivity contribution in [3.05, 3.63) is 52.3 Å². The Balaban J connectivity index is 1.51. The number of rotatable bonds is 9. The van der Waals surface area contributed by atoms with Crippen molar-refractivity contribution in [2.75, 3.05) is 19.5 Å². The van der Waals surface area contributed by atoms with E-state index < -0.39 is 10.0 Å². The second-order valence-electron chi connectivity index (χ2n) is 5.67. The van der Waals surface area contributed by atoms with Gasteiger partial charge in [-0.15, -0.1) is 22.7 Å². The fraction of sp³-hybridized carbons (Fsp3) is 0.278. The minimum Gasteiger partial charge on any atom is -0.497 e. The predicted molar refractivity (Wildman–Crippen MR) is 109 cm³/mol. The number of hydrogen-bond donors (Lipinski definition) is 1. The average molecular weight is 425 g/mol. The molecular formula is C18H20N2O4S3. The van der Waals surface area contributed by atoms with Crippen LogP contribution in [0.25, 0.3) is 9.88 Å². The molecule has 3 rings (SSSR count). The summed E-state index contributed by atoms with van der Waals surface area (Å²) in [6.45, 7) is 2.20. The van der Waals surface area contributed by atoms with Crippen molar-refractivity contribution in [1.29, 1.82) is 0 Å². The third-order valence-electron chi connectivity index (χ3n) is 3.76. The molecule has 0 aliphatic rings. The number of ether oxygens (including phenoxy) is 2. The fourth-order valence-corrected chi connectivity index (χ4v) is 4.99. The van der Waals surface area contributed by atoms with E-state index in [4.69, 9.17) is 9.47 Å². The highest BCUT2D eigenvalue weighted by molar-refractivity contribution is 7.89. The zero-order valence-corrected chi connectivity index (χ0v) is 17.4. The van der Waals surface area contributed by atoms with Crippen LogP contribution in [0.1, 0.15) is 10.6 Å². The molecule has 0 radical (unpaired) electrons. The first kappa shape index (κ1) is 19.8. The topological polar surface area (TPSA) is 77.5 Å². The van der Waals surface area contributed by atoms with E-state index in [1.165, 1.54) is 11.3 Å². The molecule has 0 unspecified atom stereocenters. The van der Waals surface area contributed by atoms with Crippen LogP contribution in [0.3, 0.4) is 0 Å². The Kier molecular flexibility index (Phi) is 6.48. The molecule has 2 heterocycles. The number of thiophene rings is 1. The maximum absolute atomic E-state index is 12.2. The summed E-state index contributed by atoms with van der Waals surface area (Å²) < 4.78 is 37.6. The van der Waals surface area contributed by atoms with Crippen LogP contribution in [-0.2, 0) is 16.6 Å². The molecule has 0 aliphatic carbocycles. The predicted octanol–water partition coefficient (Wildman–Crippen LogP) is 3.69. The molecule has 6 nitrogen and oxygen atoms in total. The molecule has 0 saturated heterocycles. The molecule has 1 aromatic carbocycles. The summed E-state index contributed by atoms with van der Waals surface area (Å²) in [7, 11) is -1.86. The largest absolute Gasteiger partial charge is 0.497 e. The summed E-state index contributed by atoms with van der Waals surface area (Å²) in [6, 6.07) is 11.0. The second kappa shape index (κ2) is 8.83. The Morgan fingerprint density at radius 1 is 1.15 bits per heavy atom. The highest BCUT2D eigenvalue weighted by Crippen LogP contribution is 2.31. The molecule has 0 fully saturated rings. The minimum absolute atomic E-state index is 0.0732. The van der Waals surface area contributed by atoms with Crippen LogP contribution in [0.5, 0.6) is 11.5 Å².